The Bertz CT molecular complexity index is 400. The monoisotopic (exact) mass is 270 g/mol. The molecule has 0 saturated heterocycles. The number of nitrogens with zero attached hydrogens (tertiary/aromatic N) is 1. The summed E-state index contributed by atoms with van der Waals surface area (Å²) in [5.41, 5.74) is 0.934. The highest BCUT2D eigenvalue weighted by Crippen LogP contribution is 2.20. The van der Waals surface area contributed by atoms with Gasteiger partial charge in [-0.15, -0.1) is 0 Å². The molecule has 1 aromatic rings. The Labute approximate surface area is 95.7 Å². The topological polar surface area (TPSA) is 52.9 Å². The summed E-state index contributed by atoms with van der Waals surface area (Å²) >= 11 is 7.09. The number of carbonyl (C=O) groups excluding carboxylic acids is 1. The van der Waals surface area contributed by atoms with Crippen molar-refractivity contribution in [3.63, 3.8) is 0 Å². The molecule has 0 aliphatic heterocycles. The number of thiol groups is 1. The number of nitrogens with one attached hydrogen (secondary N) is 1. The normalized spacial score (nSPS) is 9.21. The SMILES string of the molecule is N#Cc1ccc(Br)cc1NC(=O)CS. The average Bonchev–Trinajstić information content (AvgIpc) is 2.18. The summed E-state index contributed by atoms with van der Waals surface area (Å²) in [6.07, 6.45) is 0. The Balaban J connectivity index is 3.00. The van der Waals surface area contributed by atoms with Crippen molar-refractivity contribution in [2.45, 2.75) is 0 Å². The van der Waals surface area contributed by atoms with Crippen molar-refractivity contribution in [2.24, 2.45) is 0 Å². The molecule has 0 heterocycles. The van der Waals surface area contributed by atoms with Gasteiger partial charge in [0.1, 0.15) is 6.07 Å². The van der Waals surface area contributed by atoms with E-state index in [0.717, 1.165) is 4.47 Å². The second-order valence-corrected chi connectivity index (χ2v) is 3.74. The van der Waals surface area contributed by atoms with Crippen LogP contribution in [0.1, 0.15) is 5.56 Å². The molecule has 5 heteroatoms. The van der Waals surface area contributed by atoms with Crippen LogP contribution < -0.4 is 5.32 Å². The van der Waals surface area contributed by atoms with Crippen LogP contribution in [0, 0.1) is 11.3 Å². The molecule has 0 bridgehead atoms. The van der Waals surface area contributed by atoms with Gasteiger partial charge in [0.25, 0.3) is 0 Å². The van der Waals surface area contributed by atoms with Crippen LogP contribution in [0.5, 0.6) is 0 Å². The fourth-order valence-electron chi connectivity index (χ4n) is 0.907. The van der Waals surface area contributed by atoms with Gasteiger partial charge in [0.15, 0.2) is 0 Å². The minimum atomic E-state index is -0.233. The molecule has 0 aliphatic carbocycles. The quantitative estimate of drug-likeness (QED) is 0.810. The molecule has 0 spiro atoms. The van der Waals surface area contributed by atoms with Crippen molar-refractivity contribution >= 4 is 40.2 Å². The van der Waals surface area contributed by atoms with E-state index in [1.54, 1.807) is 18.2 Å². The molecule has 0 radical (unpaired) electrons. The van der Waals surface area contributed by atoms with Crippen LogP contribution in [-0.2, 0) is 4.79 Å². The number of hydrogen-bond donors (Lipinski definition) is 2. The minimum Gasteiger partial charge on any atom is -0.324 e. The third-order valence-corrected chi connectivity index (χ3v) is 2.30. The third-order valence-electron chi connectivity index (χ3n) is 1.52. The highest BCUT2D eigenvalue weighted by molar-refractivity contribution is 9.10. The van der Waals surface area contributed by atoms with Crippen LogP contribution >= 0.6 is 28.6 Å². The van der Waals surface area contributed by atoms with Gasteiger partial charge in [-0.3, -0.25) is 4.79 Å². The second kappa shape index (κ2) is 5.03. The molecular weight excluding hydrogens is 264 g/mol. The number of benzene rings is 1. The Morgan fingerprint density at radius 3 is 2.93 bits per heavy atom. The highest BCUT2D eigenvalue weighted by Gasteiger charge is 2.05. The Hall–Kier alpha value is -0.990. The summed E-state index contributed by atoms with van der Waals surface area (Å²) in [5, 5.41) is 11.3. The average molecular weight is 271 g/mol. The first-order valence-corrected chi connectivity index (χ1v) is 5.20. The highest BCUT2D eigenvalue weighted by atomic mass is 79.9. The Kier molecular flexibility index (Phi) is 3.98. The van der Waals surface area contributed by atoms with E-state index in [1.165, 1.54) is 0 Å². The first kappa shape index (κ1) is 11.1. The molecule has 1 amide bonds. The van der Waals surface area contributed by atoms with Crippen LogP contribution in [-0.4, -0.2) is 11.7 Å². The zero-order valence-electron chi connectivity index (χ0n) is 7.12. The van der Waals surface area contributed by atoms with Gasteiger partial charge in [-0.25, -0.2) is 0 Å². The predicted octanol–water partition coefficient (Wildman–Crippen LogP) is 2.19. The largest absolute Gasteiger partial charge is 0.324 e. The summed E-state index contributed by atoms with van der Waals surface area (Å²) in [7, 11) is 0. The van der Waals surface area contributed by atoms with E-state index in [4.69, 9.17) is 5.26 Å². The molecule has 14 heavy (non-hydrogen) atoms. The maximum absolute atomic E-state index is 11.0. The van der Waals surface area contributed by atoms with Gasteiger partial charge in [-0.05, 0) is 18.2 Å². The lowest BCUT2D eigenvalue weighted by atomic mass is 10.2. The molecule has 0 aliphatic rings. The molecule has 1 N–H and O–H groups in total. The summed E-state index contributed by atoms with van der Waals surface area (Å²) in [6.45, 7) is 0. The van der Waals surface area contributed by atoms with Crippen LogP contribution in [0.4, 0.5) is 5.69 Å². The molecule has 0 aromatic heterocycles. The van der Waals surface area contributed by atoms with Crippen LogP contribution in [0.25, 0.3) is 0 Å². The molecule has 3 nitrogen and oxygen atoms in total. The van der Waals surface area contributed by atoms with Crippen LogP contribution in [0.2, 0.25) is 0 Å². The van der Waals surface area contributed by atoms with Crippen molar-refractivity contribution in [1.82, 2.24) is 0 Å². The number of amides is 1. The molecule has 0 atom stereocenters. The van der Waals surface area contributed by atoms with Gasteiger partial charge in [-0.2, -0.15) is 17.9 Å². The number of carbonyl (C=O) groups is 1. The molecule has 0 saturated carbocycles. The molecule has 1 aromatic carbocycles. The van der Waals surface area contributed by atoms with Crippen molar-refractivity contribution in [2.75, 3.05) is 11.1 Å². The summed E-state index contributed by atoms with van der Waals surface area (Å²) in [6, 6.07) is 7.05. The van der Waals surface area contributed by atoms with Gasteiger partial charge >= 0.3 is 0 Å². The molecule has 1 rings (SSSR count). The third kappa shape index (κ3) is 2.76. The zero-order chi connectivity index (χ0) is 10.6. The van der Waals surface area contributed by atoms with Crippen molar-refractivity contribution < 1.29 is 4.79 Å². The van der Waals surface area contributed by atoms with Crippen molar-refractivity contribution in [1.29, 1.82) is 5.26 Å². The summed E-state index contributed by atoms with van der Waals surface area (Å²) in [4.78, 5) is 11.0. The number of nitriles is 1. The van der Waals surface area contributed by atoms with E-state index >= 15 is 0 Å². The summed E-state index contributed by atoms with van der Waals surface area (Å²) < 4.78 is 0.811. The fraction of sp³-hybridized carbons (Fsp3) is 0.111. The van der Waals surface area contributed by atoms with Crippen molar-refractivity contribution in [3.8, 4) is 6.07 Å². The van der Waals surface area contributed by atoms with E-state index in [2.05, 4.69) is 33.9 Å². The van der Waals surface area contributed by atoms with E-state index in [-0.39, 0.29) is 11.7 Å². The first-order chi connectivity index (χ1) is 6.67. The van der Waals surface area contributed by atoms with Gasteiger partial charge in [0.2, 0.25) is 5.91 Å². The zero-order valence-corrected chi connectivity index (χ0v) is 9.60. The van der Waals surface area contributed by atoms with E-state index in [9.17, 15) is 4.79 Å². The van der Waals surface area contributed by atoms with Gasteiger partial charge in [0, 0.05) is 4.47 Å². The maximum atomic E-state index is 11.0. The predicted molar refractivity (Wildman–Crippen MR) is 61.3 cm³/mol. The first-order valence-electron chi connectivity index (χ1n) is 3.77. The van der Waals surface area contributed by atoms with Crippen LogP contribution in [0.3, 0.4) is 0 Å². The lowest BCUT2D eigenvalue weighted by Crippen LogP contribution is -2.13. The molecular formula is C9H7BrN2OS. The number of anilines is 1. The van der Waals surface area contributed by atoms with E-state index in [1.807, 2.05) is 6.07 Å². The number of rotatable bonds is 2. The Morgan fingerprint density at radius 2 is 2.36 bits per heavy atom. The minimum absolute atomic E-state index is 0.0946. The lowest BCUT2D eigenvalue weighted by Gasteiger charge is -2.05. The van der Waals surface area contributed by atoms with E-state index in [0.29, 0.717) is 11.3 Å². The van der Waals surface area contributed by atoms with Gasteiger partial charge < -0.3 is 5.32 Å². The molecule has 72 valence electrons. The lowest BCUT2D eigenvalue weighted by molar-refractivity contribution is -0.113. The fourth-order valence-corrected chi connectivity index (χ4v) is 1.35. The van der Waals surface area contributed by atoms with Crippen molar-refractivity contribution in [3.05, 3.63) is 28.2 Å². The van der Waals surface area contributed by atoms with Gasteiger partial charge in [0.05, 0.1) is 17.0 Å². The second-order valence-electron chi connectivity index (χ2n) is 2.51. The standard InChI is InChI=1S/C9H7BrN2OS/c10-7-2-1-6(4-11)8(3-7)12-9(13)5-14/h1-3,14H,5H2,(H,12,13). The van der Waals surface area contributed by atoms with E-state index < -0.39 is 0 Å². The Morgan fingerprint density at radius 1 is 1.64 bits per heavy atom. The van der Waals surface area contributed by atoms with Gasteiger partial charge in [-0.1, -0.05) is 15.9 Å². The summed E-state index contributed by atoms with van der Waals surface area (Å²) in [5.74, 6) is -0.139. The number of hydrogen-bond acceptors (Lipinski definition) is 3. The molecule has 0 unspecified atom stereocenters. The molecule has 0 fully saturated rings. The van der Waals surface area contributed by atoms with Crippen LogP contribution in [0.15, 0.2) is 22.7 Å². The number of halogens is 1. The maximum Gasteiger partial charge on any atom is 0.234 e. The smallest absolute Gasteiger partial charge is 0.234 e.